The Labute approximate surface area is 254 Å². The van der Waals surface area contributed by atoms with Crippen molar-refractivity contribution in [2.45, 2.75) is 101 Å². The topological polar surface area (TPSA) is 159 Å². The molecule has 3 fully saturated rings. The Morgan fingerprint density at radius 1 is 1.14 bits per heavy atom. The number of ether oxygens (including phenoxy) is 3. The summed E-state index contributed by atoms with van der Waals surface area (Å²) in [7, 11) is 0. The summed E-state index contributed by atoms with van der Waals surface area (Å²) in [6.07, 6.45) is 0.699. The van der Waals surface area contributed by atoms with E-state index in [1.165, 1.54) is 11.8 Å². The lowest BCUT2D eigenvalue weighted by Crippen LogP contribution is -2.65. The average molecular weight is 617 g/mol. The molecule has 12 nitrogen and oxygen atoms in total. The lowest BCUT2D eigenvalue weighted by molar-refractivity contribution is -0.221. The van der Waals surface area contributed by atoms with Crippen LogP contribution in [0.1, 0.15) is 59.3 Å². The van der Waals surface area contributed by atoms with Gasteiger partial charge in [0.05, 0.1) is 31.7 Å². The van der Waals surface area contributed by atoms with Crippen LogP contribution in [0.15, 0.2) is 0 Å². The Bertz CT molecular complexity index is 857. The monoisotopic (exact) mass is 616 g/mol. The smallest absolute Gasteiger partial charge is 0.306 e. The van der Waals surface area contributed by atoms with Gasteiger partial charge in [-0.25, -0.2) is 0 Å². The molecule has 0 aromatic heterocycles. The third-order valence-electron chi connectivity index (χ3n) is 8.40. The van der Waals surface area contributed by atoms with Crippen LogP contribution in [-0.4, -0.2) is 127 Å². The lowest BCUT2D eigenvalue weighted by Gasteiger charge is -2.45. The van der Waals surface area contributed by atoms with Crippen molar-refractivity contribution in [2.24, 2.45) is 11.8 Å². The van der Waals surface area contributed by atoms with E-state index < -0.39 is 41.9 Å². The standard InChI is InChI=1S/C29H52N4O8S/c1-5-6-19-9-10-30-20(17-19)28(38)32-23(18(2)3)26-24(36)25(37)27(29(41-26)42-4)40-22(35)8-7-21(34)31-11-12-33-13-15-39-16-14-33/h18-20,23-27,29-30,36-37H,5-17H2,1-4H3,(H,31,34)(H,32,38)/t19?,20?,23?,24-,25+,26-,27-,29-/m1/s1. The van der Waals surface area contributed by atoms with Crippen LogP contribution >= 0.6 is 11.8 Å². The summed E-state index contributed by atoms with van der Waals surface area (Å²) in [5.41, 5.74) is -0.764. The van der Waals surface area contributed by atoms with Crippen molar-refractivity contribution in [3.8, 4) is 0 Å². The number of nitrogens with one attached hydrogen (secondary N) is 3. The van der Waals surface area contributed by atoms with Crippen LogP contribution in [0.5, 0.6) is 0 Å². The molecule has 0 radical (unpaired) electrons. The average Bonchev–Trinajstić information content (AvgIpc) is 2.98. The van der Waals surface area contributed by atoms with Gasteiger partial charge < -0.3 is 40.4 Å². The molecule has 0 bridgehead atoms. The van der Waals surface area contributed by atoms with Gasteiger partial charge in [0.25, 0.3) is 0 Å². The second kappa shape index (κ2) is 17.7. The molecule has 3 heterocycles. The fourth-order valence-electron chi connectivity index (χ4n) is 5.93. The SMILES string of the molecule is CCCC1CCNC(C(=O)NC(C(C)C)[C@H]2O[C@H](SC)[C@H](OC(=O)CCC(=O)NCCN3CCOCC3)[C@@H](O)[C@H]2O)C1. The summed E-state index contributed by atoms with van der Waals surface area (Å²) in [5, 5.41) is 31.3. The largest absolute Gasteiger partial charge is 0.456 e. The number of hydrogen-bond donors (Lipinski definition) is 5. The van der Waals surface area contributed by atoms with Gasteiger partial charge in [0, 0.05) is 32.6 Å². The summed E-state index contributed by atoms with van der Waals surface area (Å²) in [4.78, 5) is 40.3. The van der Waals surface area contributed by atoms with Gasteiger partial charge in [0.1, 0.15) is 23.7 Å². The maximum atomic E-state index is 13.2. The first-order valence-corrected chi connectivity index (χ1v) is 16.8. The minimum absolute atomic E-state index is 0.0451. The number of carbonyl (C=O) groups excluding carboxylic acids is 3. The molecule has 0 aromatic carbocycles. The highest BCUT2D eigenvalue weighted by atomic mass is 32.2. The summed E-state index contributed by atoms with van der Waals surface area (Å²) in [6, 6.07) is -0.883. The number of aliphatic hydroxyl groups excluding tert-OH is 2. The van der Waals surface area contributed by atoms with Gasteiger partial charge in [0.2, 0.25) is 11.8 Å². The number of carbonyl (C=O) groups is 3. The van der Waals surface area contributed by atoms with Crippen LogP contribution in [0.4, 0.5) is 0 Å². The van der Waals surface area contributed by atoms with Crippen LogP contribution in [0, 0.1) is 11.8 Å². The third-order valence-corrected chi connectivity index (χ3v) is 9.24. The number of amides is 2. The van der Waals surface area contributed by atoms with E-state index in [1.807, 2.05) is 13.8 Å². The summed E-state index contributed by atoms with van der Waals surface area (Å²) >= 11 is 1.25. The maximum Gasteiger partial charge on any atom is 0.306 e. The van der Waals surface area contributed by atoms with Crippen LogP contribution in [0.3, 0.4) is 0 Å². The van der Waals surface area contributed by atoms with Crippen molar-refractivity contribution in [3.63, 3.8) is 0 Å². The Kier molecular flexibility index (Phi) is 14.8. The number of piperidine rings is 1. The normalized spacial score (nSPS) is 31.4. The first-order chi connectivity index (χ1) is 20.1. The first kappa shape index (κ1) is 35.0. The lowest BCUT2D eigenvalue weighted by atomic mass is 9.86. The molecule has 0 saturated carbocycles. The number of aliphatic hydroxyl groups is 2. The van der Waals surface area contributed by atoms with Crippen LogP contribution in [-0.2, 0) is 28.6 Å². The Morgan fingerprint density at radius 2 is 1.88 bits per heavy atom. The molecule has 42 heavy (non-hydrogen) atoms. The minimum atomic E-state index is -1.42. The Morgan fingerprint density at radius 3 is 2.55 bits per heavy atom. The first-order valence-electron chi connectivity index (χ1n) is 15.5. The summed E-state index contributed by atoms with van der Waals surface area (Å²) in [5.74, 6) is -0.655. The van der Waals surface area contributed by atoms with E-state index in [2.05, 4.69) is 27.8 Å². The van der Waals surface area contributed by atoms with E-state index in [1.54, 1.807) is 6.26 Å². The molecule has 3 aliphatic heterocycles. The van der Waals surface area contributed by atoms with Crippen LogP contribution in [0.2, 0.25) is 0 Å². The van der Waals surface area contributed by atoms with Crippen molar-refractivity contribution in [2.75, 3.05) is 52.2 Å². The highest BCUT2D eigenvalue weighted by Gasteiger charge is 2.50. The molecular formula is C29H52N4O8S. The molecule has 0 spiro atoms. The van der Waals surface area contributed by atoms with Crippen molar-refractivity contribution < 1.29 is 38.8 Å². The van der Waals surface area contributed by atoms with Crippen molar-refractivity contribution in [1.29, 1.82) is 0 Å². The Hall–Kier alpha value is -1.48. The summed E-state index contributed by atoms with van der Waals surface area (Å²) < 4.78 is 17.0. The van der Waals surface area contributed by atoms with E-state index in [-0.39, 0.29) is 36.6 Å². The van der Waals surface area contributed by atoms with Crippen LogP contribution in [0.25, 0.3) is 0 Å². The van der Waals surface area contributed by atoms with Gasteiger partial charge in [0.15, 0.2) is 6.10 Å². The van der Waals surface area contributed by atoms with Crippen molar-refractivity contribution in [1.82, 2.24) is 20.9 Å². The fourth-order valence-corrected chi connectivity index (χ4v) is 6.65. The molecule has 8 atom stereocenters. The van der Waals surface area contributed by atoms with Gasteiger partial charge in [-0.1, -0.05) is 33.6 Å². The number of thioether (sulfide) groups is 1. The molecule has 5 N–H and O–H groups in total. The molecule has 0 aliphatic carbocycles. The predicted molar refractivity (Wildman–Crippen MR) is 160 cm³/mol. The molecule has 0 aromatic rings. The van der Waals surface area contributed by atoms with Gasteiger partial charge in [-0.15, -0.1) is 11.8 Å². The molecular weight excluding hydrogens is 564 g/mol. The van der Waals surface area contributed by atoms with E-state index >= 15 is 0 Å². The second-order valence-electron chi connectivity index (χ2n) is 11.9. The van der Waals surface area contributed by atoms with Gasteiger partial charge >= 0.3 is 5.97 Å². The Balaban J connectivity index is 1.50. The number of rotatable bonds is 14. The molecule has 3 saturated heterocycles. The zero-order valence-electron chi connectivity index (χ0n) is 25.6. The molecule has 3 unspecified atom stereocenters. The van der Waals surface area contributed by atoms with Crippen LogP contribution < -0.4 is 16.0 Å². The van der Waals surface area contributed by atoms with Crippen molar-refractivity contribution >= 4 is 29.5 Å². The zero-order chi connectivity index (χ0) is 30.6. The van der Waals surface area contributed by atoms with E-state index in [4.69, 9.17) is 14.2 Å². The van der Waals surface area contributed by atoms with Crippen molar-refractivity contribution in [3.05, 3.63) is 0 Å². The van der Waals surface area contributed by atoms with E-state index in [0.717, 1.165) is 45.3 Å². The maximum absolute atomic E-state index is 13.2. The summed E-state index contributed by atoms with van der Waals surface area (Å²) in [6.45, 7) is 11.0. The number of esters is 1. The minimum Gasteiger partial charge on any atom is -0.456 e. The molecule has 3 aliphatic rings. The zero-order valence-corrected chi connectivity index (χ0v) is 26.4. The van der Waals surface area contributed by atoms with E-state index in [0.29, 0.717) is 32.2 Å². The fraction of sp³-hybridized carbons (Fsp3) is 0.897. The highest BCUT2D eigenvalue weighted by molar-refractivity contribution is 7.99. The number of nitrogens with zero attached hydrogens (tertiary/aromatic N) is 1. The van der Waals surface area contributed by atoms with Gasteiger partial charge in [-0.05, 0) is 37.5 Å². The molecule has 242 valence electrons. The van der Waals surface area contributed by atoms with E-state index in [9.17, 15) is 24.6 Å². The quantitative estimate of drug-likeness (QED) is 0.170. The third kappa shape index (κ3) is 10.3. The highest BCUT2D eigenvalue weighted by Crippen LogP contribution is 2.33. The number of morpholine rings is 1. The predicted octanol–water partition coefficient (Wildman–Crippen LogP) is 0.246. The molecule has 13 heteroatoms. The molecule has 2 amide bonds. The van der Waals surface area contributed by atoms with Gasteiger partial charge in [-0.3, -0.25) is 19.3 Å². The number of hydrogen-bond acceptors (Lipinski definition) is 11. The second-order valence-corrected chi connectivity index (χ2v) is 12.8. The van der Waals surface area contributed by atoms with Gasteiger partial charge in [-0.2, -0.15) is 0 Å². The molecule has 3 rings (SSSR count).